The van der Waals surface area contributed by atoms with E-state index in [1.54, 1.807) is 31.3 Å². The third-order valence-electron chi connectivity index (χ3n) is 7.09. The molecule has 4 aromatic rings. The van der Waals surface area contributed by atoms with E-state index in [0.717, 1.165) is 29.2 Å². The number of carbonyl (C=O) groups excluding carboxylic acids is 2. The quantitative estimate of drug-likeness (QED) is 0.262. The van der Waals surface area contributed by atoms with Crippen LogP contribution < -0.4 is 15.7 Å². The Hall–Kier alpha value is -4.53. The largest absolute Gasteiger partial charge is 0.485 e. The first-order chi connectivity index (χ1) is 19.2. The molecule has 0 spiro atoms. The Labute approximate surface area is 231 Å². The number of aryl methyl sites for hydroxylation is 1. The smallest absolute Gasteiger partial charge is 0.350 e. The second kappa shape index (κ2) is 11.3. The highest BCUT2D eigenvalue weighted by molar-refractivity contribution is 6.07. The standard InChI is InChI=1S/C31H31FN4O4/c1-4-29-34-36(31(39)35(29)3)26-18-28(40-19(2)21-9-6-5-7-10-21)24(17-25(26)32)30(38)33-23-12-8-11-22(16-23)27(37)15-20-13-14-20/h5-12,16-20H,4,13-15H2,1-3H3,(H,33,38)/t19-/m0/s1. The number of anilines is 1. The van der Waals surface area contributed by atoms with Gasteiger partial charge in [0.05, 0.1) is 5.56 Å². The van der Waals surface area contributed by atoms with E-state index in [4.69, 9.17) is 4.74 Å². The average molecular weight is 543 g/mol. The fraction of sp³-hybridized carbons (Fsp3) is 0.290. The minimum atomic E-state index is -0.805. The highest BCUT2D eigenvalue weighted by atomic mass is 19.1. The molecule has 3 aromatic carbocycles. The summed E-state index contributed by atoms with van der Waals surface area (Å²) >= 11 is 0. The minimum Gasteiger partial charge on any atom is -0.485 e. The van der Waals surface area contributed by atoms with E-state index in [1.165, 1.54) is 10.6 Å². The molecular weight excluding hydrogens is 511 g/mol. The molecule has 1 atom stereocenters. The van der Waals surface area contributed by atoms with E-state index in [0.29, 0.717) is 35.8 Å². The van der Waals surface area contributed by atoms with Crippen molar-refractivity contribution in [1.29, 1.82) is 0 Å². The molecule has 1 saturated carbocycles. The lowest BCUT2D eigenvalue weighted by Crippen LogP contribution is -2.23. The van der Waals surface area contributed by atoms with Gasteiger partial charge < -0.3 is 10.1 Å². The zero-order valence-electron chi connectivity index (χ0n) is 22.7. The average Bonchev–Trinajstić information content (AvgIpc) is 3.73. The van der Waals surface area contributed by atoms with Gasteiger partial charge in [-0.05, 0) is 49.4 Å². The van der Waals surface area contributed by atoms with Crippen molar-refractivity contribution in [2.24, 2.45) is 13.0 Å². The molecule has 1 amide bonds. The lowest BCUT2D eigenvalue weighted by molar-refractivity contribution is 0.0973. The van der Waals surface area contributed by atoms with E-state index in [1.807, 2.05) is 44.2 Å². The van der Waals surface area contributed by atoms with Gasteiger partial charge in [0.15, 0.2) is 5.78 Å². The normalized spacial score (nSPS) is 13.6. The number of amides is 1. The third kappa shape index (κ3) is 5.73. The topological polar surface area (TPSA) is 95.2 Å². The molecule has 0 radical (unpaired) electrons. The van der Waals surface area contributed by atoms with Crippen LogP contribution in [0.15, 0.2) is 71.5 Å². The molecule has 1 heterocycles. The maximum atomic E-state index is 15.5. The number of rotatable bonds is 10. The molecule has 1 aromatic heterocycles. The first-order valence-corrected chi connectivity index (χ1v) is 13.4. The van der Waals surface area contributed by atoms with Gasteiger partial charge in [0.25, 0.3) is 5.91 Å². The molecular formula is C31H31FN4O4. The van der Waals surface area contributed by atoms with Crippen LogP contribution in [0, 0.1) is 11.7 Å². The first kappa shape index (κ1) is 27.1. The molecule has 40 heavy (non-hydrogen) atoms. The molecule has 0 bridgehead atoms. The fourth-order valence-corrected chi connectivity index (χ4v) is 4.58. The Morgan fingerprint density at radius 3 is 2.52 bits per heavy atom. The number of Topliss-reactive ketones (excluding diaryl/α,β-unsaturated/α-hetero) is 1. The van der Waals surface area contributed by atoms with Crippen molar-refractivity contribution in [3.05, 3.63) is 106 Å². The minimum absolute atomic E-state index is 0.0296. The summed E-state index contributed by atoms with van der Waals surface area (Å²) in [7, 11) is 1.57. The van der Waals surface area contributed by atoms with Crippen LogP contribution in [-0.4, -0.2) is 26.0 Å². The molecule has 0 aliphatic heterocycles. The van der Waals surface area contributed by atoms with Gasteiger partial charge in [-0.25, -0.2) is 9.18 Å². The summed E-state index contributed by atoms with van der Waals surface area (Å²) in [5.74, 6) is -0.374. The zero-order valence-corrected chi connectivity index (χ0v) is 22.7. The zero-order chi connectivity index (χ0) is 28.4. The van der Waals surface area contributed by atoms with Gasteiger partial charge in [0.2, 0.25) is 0 Å². The lowest BCUT2D eigenvalue weighted by atomic mass is 10.0. The molecule has 206 valence electrons. The number of hydrogen-bond acceptors (Lipinski definition) is 5. The van der Waals surface area contributed by atoms with Crippen LogP contribution in [0.2, 0.25) is 0 Å². The Balaban J connectivity index is 1.50. The summed E-state index contributed by atoms with van der Waals surface area (Å²) in [6.45, 7) is 3.66. The molecule has 9 heteroatoms. The van der Waals surface area contributed by atoms with Gasteiger partial charge in [-0.2, -0.15) is 4.68 Å². The Morgan fingerprint density at radius 2 is 1.85 bits per heavy atom. The van der Waals surface area contributed by atoms with Crippen molar-refractivity contribution in [1.82, 2.24) is 14.3 Å². The van der Waals surface area contributed by atoms with Crippen molar-refractivity contribution in [2.75, 3.05) is 5.32 Å². The van der Waals surface area contributed by atoms with Crippen LogP contribution in [0.4, 0.5) is 10.1 Å². The van der Waals surface area contributed by atoms with Crippen LogP contribution in [0.3, 0.4) is 0 Å². The SMILES string of the molecule is CCc1nn(-c2cc(O[C@@H](C)c3ccccc3)c(C(=O)Nc3cccc(C(=O)CC4CC4)c3)cc2F)c(=O)n1C. The van der Waals surface area contributed by atoms with Gasteiger partial charge in [-0.15, -0.1) is 5.10 Å². The van der Waals surface area contributed by atoms with Crippen LogP contribution >= 0.6 is 0 Å². The summed E-state index contributed by atoms with van der Waals surface area (Å²) in [6.07, 6.45) is 2.63. The van der Waals surface area contributed by atoms with E-state index in [2.05, 4.69) is 10.4 Å². The number of nitrogens with zero attached hydrogens (tertiary/aromatic N) is 3. The van der Waals surface area contributed by atoms with Gasteiger partial charge >= 0.3 is 5.69 Å². The lowest BCUT2D eigenvalue weighted by Gasteiger charge is -2.19. The third-order valence-corrected chi connectivity index (χ3v) is 7.09. The molecule has 0 saturated heterocycles. The van der Waals surface area contributed by atoms with Crippen molar-refractivity contribution in [2.45, 2.75) is 45.6 Å². The van der Waals surface area contributed by atoms with Gasteiger partial charge in [0, 0.05) is 37.2 Å². The number of ether oxygens (including phenoxy) is 1. The predicted octanol–water partition coefficient (Wildman–Crippen LogP) is 5.65. The van der Waals surface area contributed by atoms with Crippen LogP contribution in [0.5, 0.6) is 5.75 Å². The highest BCUT2D eigenvalue weighted by Gasteiger charge is 2.26. The van der Waals surface area contributed by atoms with Crippen molar-refractivity contribution in [3.63, 3.8) is 0 Å². The van der Waals surface area contributed by atoms with Crippen LogP contribution in [-0.2, 0) is 13.5 Å². The Morgan fingerprint density at radius 1 is 1.10 bits per heavy atom. The second-order valence-electron chi connectivity index (χ2n) is 10.1. The fourth-order valence-electron chi connectivity index (χ4n) is 4.58. The summed E-state index contributed by atoms with van der Waals surface area (Å²) in [5, 5.41) is 7.04. The van der Waals surface area contributed by atoms with Gasteiger partial charge in [0.1, 0.15) is 29.2 Å². The number of ketones is 1. The number of carbonyl (C=O) groups is 2. The maximum absolute atomic E-state index is 15.5. The highest BCUT2D eigenvalue weighted by Crippen LogP contribution is 2.34. The van der Waals surface area contributed by atoms with Gasteiger partial charge in [-0.1, -0.05) is 49.4 Å². The number of nitrogens with one attached hydrogen (secondary N) is 1. The molecule has 1 fully saturated rings. The van der Waals surface area contributed by atoms with E-state index < -0.39 is 23.5 Å². The Kier molecular flexibility index (Phi) is 7.64. The van der Waals surface area contributed by atoms with E-state index in [9.17, 15) is 14.4 Å². The maximum Gasteiger partial charge on any atom is 0.350 e. The molecule has 8 nitrogen and oxygen atoms in total. The first-order valence-electron chi connectivity index (χ1n) is 13.4. The molecule has 1 N–H and O–H groups in total. The Bertz CT molecular complexity index is 1620. The summed E-state index contributed by atoms with van der Waals surface area (Å²) < 4.78 is 24.0. The summed E-state index contributed by atoms with van der Waals surface area (Å²) in [5.41, 5.74) is 1.08. The van der Waals surface area contributed by atoms with Crippen LogP contribution in [0.25, 0.3) is 5.69 Å². The van der Waals surface area contributed by atoms with E-state index >= 15 is 4.39 Å². The molecule has 0 unspecified atom stereocenters. The second-order valence-corrected chi connectivity index (χ2v) is 10.1. The number of hydrogen-bond donors (Lipinski definition) is 1. The van der Waals surface area contributed by atoms with E-state index in [-0.39, 0.29) is 22.8 Å². The van der Waals surface area contributed by atoms with Crippen LogP contribution in [0.1, 0.15) is 71.3 Å². The summed E-state index contributed by atoms with van der Waals surface area (Å²) in [6, 6.07) is 18.5. The van der Waals surface area contributed by atoms with Crippen molar-refractivity contribution >= 4 is 17.4 Å². The number of aromatic nitrogens is 3. The number of halogens is 1. The summed E-state index contributed by atoms with van der Waals surface area (Å²) in [4.78, 5) is 38.9. The molecule has 1 aliphatic rings. The van der Waals surface area contributed by atoms with Gasteiger partial charge in [-0.3, -0.25) is 14.2 Å². The van der Waals surface area contributed by atoms with Crippen molar-refractivity contribution < 1.29 is 18.7 Å². The number of benzene rings is 3. The predicted molar refractivity (Wildman–Crippen MR) is 150 cm³/mol. The molecule has 5 rings (SSSR count). The molecule has 1 aliphatic carbocycles. The van der Waals surface area contributed by atoms with Crippen molar-refractivity contribution in [3.8, 4) is 11.4 Å². The monoisotopic (exact) mass is 542 g/mol.